The van der Waals surface area contributed by atoms with Gasteiger partial charge in [-0.1, -0.05) is 35.5 Å². The predicted molar refractivity (Wildman–Crippen MR) is 76.1 cm³/mol. The van der Waals surface area contributed by atoms with E-state index in [9.17, 15) is 4.79 Å². The summed E-state index contributed by atoms with van der Waals surface area (Å²) in [4.78, 5) is 15.4. The molecule has 0 spiro atoms. The van der Waals surface area contributed by atoms with E-state index in [1.54, 1.807) is 6.07 Å². The van der Waals surface area contributed by atoms with E-state index in [0.29, 0.717) is 5.75 Å². The van der Waals surface area contributed by atoms with E-state index in [2.05, 4.69) is 15.3 Å². The molecule has 0 fully saturated rings. The van der Waals surface area contributed by atoms with Crippen molar-refractivity contribution in [1.82, 2.24) is 5.32 Å². The summed E-state index contributed by atoms with van der Waals surface area (Å²) in [5.41, 5.74) is 0.766. The Morgan fingerprint density at radius 3 is 2.60 bits per heavy atom. The topological polar surface area (TPSA) is 59.9 Å². The number of nitrogens with one attached hydrogen (secondary N) is 1. The molecule has 102 valence electrons. The molecule has 20 heavy (non-hydrogen) atoms. The fraction of sp³-hybridized carbons (Fsp3) is 0.0667. The molecule has 1 N–H and O–H groups in total. The highest BCUT2D eigenvalue weighted by molar-refractivity contribution is 5.80. The van der Waals surface area contributed by atoms with Crippen LogP contribution in [0.3, 0.4) is 0 Å². The molecule has 0 aliphatic carbocycles. The van der Waals surface area contributed by atoms with Gasteiger partial charge in [0, 0.05) is 7.05 Å². The summed E-state index contributed by atoms with van der Waals surface area (Å²) in [6, 6.07) is 16.8. The molecule has 2 rings (SSSR count). The van der Waals surface area contributed by atoms with Crippen LogP contribution in [0.4, 0.5) is 4.79 Å². The average molecular weight is 270 g/mol. The van der Waals surface area contributed by atoms with E-state index >= 15 is 0 Å². The maximum Gasteiger partial charge on any atom is 0.433 e. The summed E-state index contributed by atoms with van der Waals surface area (Å²) in [6.07, 6.45) is 0.825. The Morgan fingerprint density at radius 1 is 1.10 bits per heavy atom. The van der Waals surface area contributed by atoms with Gasteiger partial charge in [-0.25, -0.2) is 4.79 Å². The molecule has 0 aliphatic heterocycles. The molecule has 5 heteroatoms. The van der Waals surface area contributed by atoms with Crippen molar-refractivity contribution in [3.63, 3.8) is 0 Å². The minimum Gasteiger partial charge on any atom is -0.457 e. The number of para-hydroxylation sites is 1. The zero-order chi connectivity index (χ0) is 14.2. The third kappa shape index (κ3) is 4.13. The number of carbonyl (C=O) groups is 1. The van der Waals surface area contributed by atoms with Gasteiger partial charge in [-0.05, 0) is 29.8 Å². The third-order valence-corrected chi connectivity index (χ3v) is 2.38. The van der Waals surface area contributed by atoms with Crippen LogP contribution in [0.1, 0.15) is 5.56 Å². The fourth-order valence-electron chi connectivity index (χ4n) is 1.46. The number of benzene rings is 2. The van der Waals surface area contributed by atoms with E-state index in [4.69, 9.17) is 4.74 Å². The molecule has 0 saturated carbocycles. The first-order valence-corrected chi connectivity index (χ1v) is 6.03. The number of amides is 1. The van der Waals surface area contributed by atoms with E-state index in [1.807, 2.05) is 48.5 Å². The summed E-state index contributed by atoms with van der Waals surface area (Å²) in [5.74, 6) is 1.43. The Labute approximate surface area is 116 Å². The zero-order valence-electron chi connectivity index (χ0n) is 10.9. The molecule has 2 aromatic rings. The highest BCUT2D eigenvalue weighted by Gasteiger charge is 1.98. The van der Waals surface area contributed by atoms with Crippen LogP contribution in [0.2, 0.25) is 0 Å². The lowest BCUT2D eigenvalue weighted by molar-refractivity contribution is 0.154. The molecule has 2 aromatic carbocycles. The van der Waals surface area contributed by atoms with Gasteiger partial charge in [0.05, 0.1) is 6.21 Å². The standard InChI is InChI=1S/C15H14N2O3/c1-16-15(18)20-17-11-12-6-5-9-14(10-12)19-13-7-3-2-4-8-13/h2-11H,1H3,(H,16,18)/b17-11+. The van der Waals surface area contributed by atoms with Crippen LogP contribution in [-0.2, 0) is 4.84 Å². The summed E-state index contributed by atoms with van der Waals surface area (Å²) in [5, 5.41) is 5.86. The molecule has 0 aliphatic rings. The quantitative estimate of drug-likeness (QED) is 0.527. The van der Waals surface area contributed by atoms with Crippen molar-refractivity contribution in [2.45, 2.75) is 0 Å². The number of rotatable bonds is 4. The van der Waals surface area contributed by atoms with Crippen LogP contribution in [0.5, 0.6) is 11.5 Å². The number of hydrogen-bond donors (Lipinski definition) is 1. The van der Waals surface area contributed by atoms with Gasteiger partial charge >= 0.3 is 6.09 Å². The lowest BCUT2D eigenvalue weighted by atomic mass is 10.2. The largest absolute Gasteiger partial charge is 0.457 e. The van der Waals surface area contributed by atoms with Crippen molar-refractivity contribution in [3.05, 3.63) is 60.2 Å². The Kier molecular flexibility index (Phi) is 4.72. The van der Waals surface area contributed by atoms with Crippen LogP contribution < -0.4 is 10.1 Å². The minimum absolute atomic E-state index is 0.613. The van der Waals surface area contributed by atoms with Crippen molar-refractivity contribution in [3.8, 4) is 11.5 Å². The van der Waals surface area contributed by atoms with E-state index in [1.165, 1.54) is 13.3 Å². The van der Waals surface area contributed by atoms with Crippen molar-refractivity contribution < 1.29 is 14.4 Å². The predicted octanol–water partition coefficient (Wildman–Crippen LogP) is 3.17. The zero-order valence-corrected chi connectivity index (χ0v) is 10.9. The van der Waals surface area contributed by atoms with E-state index in [0.717, 1.165) is 11.3 Å². The van der Waals surface area contributed by atoms with Crippen LogP contribution >= 0.6 is 0 Å². The van der Waals surface area contributed by atoms with Gasteiger partial charge < -0.3 is 10.1 Å². The number of hydrogen-bond acceptors (Lipinski definition) is 4. The maximum absolute atomic E-state index is 10.8. The van der Waals surface area contributed by atoms with Crippen LogP contribution in [0, 0.1) is 0 Å². The van der Waals surface area contributed by atoms with Gasteiger partial charge in [-0.2, -0.15) is 0 Å². The van der Waals surface area contributed by atoms with Crippen molar-refractivity contribution in [2.24, 2.45) is 5.16 Å². The number of oxime groups is 1. The van der Waals surface area contributed by atoms with Gasteiger partial charge in [0.25, 0.3) is 0 Å². The lowest BCUT2D eigenvalue weighted by Gasteiger charge is -2.05. The highest BCUT2D eigenvalue weighted by Crippen LogP contribution is 2.21. The van der Waals surface area contributed by atoms with Crippen LogP contribution in [0.15, 0.2) is 59.8 Å². The normalized spacial score (nSPS) is 10.2. The second-order valence-corrected chi connectivity index (χ2v) is 3.85. The minimum atomic E-state index is -0.613. The van der Waals surface area contributed by atoms with Gasteiger partial charge in [0.2, 0.25) is 0 Å². The second-order valence-electron chi connectivity index (χ2n) is 3.85. The number of ether oxygens (including phenoxy) is 1. The molecule has 0 aromatic heterocycles. The maximum atomic E-state index is 10.8. The first-order chi connectivity index (χ1) is 9.78. The first-order valence-electron chi connectivity index (χ1n) is 6.03. The summed E-state index contributed by atoms with van der Waals surface area (Å²) < 4.78 is 5.69. The van der Waals surface area contributed by atoms with Gasteiger partial charge in [0.1, 0.15) is 11.5 Å². The Bertz CT molecular complexity index is 597. The van der Waals surface area contributed by atoms with Crippen LogP contribution in [0.25, 0.3) is 0 Å². The highest BCUT2D eigenvalue weighted by atomic mass is 16.7. The van der Waals surface area contributed by atoms with Crippen LogP contribution in [-0.4, -0.2) is 19.4 Å². The molecule has 1 amide bonds. The van der Waals surface area contributed by atoms with Crippen molar-refractivity contribution in [1.29, 1.82) is 0 Å². The summed E-state index contributed by atoms with van der Waals surface area (Å²) >= 11 is 0. The molecular formula is C15H14N2O3. The smallest absolute Gasteiger partial charge is 0.433 e. The SMILES string of the molecule is CNC(=O)O/N=C/c1cccc(Oc2ccccc2)c1. The summed E-state index contributed by atoms with van der Waals surface area (Å²) in [7, 11) is 1.46. The Balaban J connectivity index is 2.03. The molecule has 0 unspecified atom stereocenters. The molecule has 0 heterocycles. The average Bonchev–Trinajstić information content (AvgIpc) is 2.48. The monoisotopic (exact) mass is 270 g/mol. The van der Waals surface area contributed by atoms with E-state index < -0.39 is 6.09 Å². The Hall–Kier alpha value is -2.82. The third-order valence-electron chi connectivity index (χ3n) is 2.38. The van der Waals surface area contributed by atoms with Crippen molar-refractivity contribution >= 4 is 12.3 Å². The fourth-order valence-corrected chi connectivity index (χ4v) is 1.46. The van der Waals surface area contributed by atoms with Gasteiger partial charge in [-0.15, -0.1) is 0 Å². The summed E-state index contributed by atoms with van der Waals surface area (Å²) in [6.45, 7) is 0. The molecule has 5 nitrogen and oxygen atoms in total. The van der Waals surface area contributed by atoms with Crippen molar-refractivity contribution in [2.75, 3.05) is 7.05 Å². The molecular weight excluding hydrogens is 256 g/mol. The Morgan fingerprint density at radius 2 is 1.85 bits per heavy atom. The molecule has 0 radical (unpaired) electrons. The lowest BCUT2D eigenvalue weighted by Crippen LogP contribution is -2.16. The molecule has 0 saturated heterocycles. The number of carbonyl (C=O) groups excluding carboxylic acids is 1. The number of nitrogens with zero attached hydrogens (tertiary/aromatic N) is 1. The van der Waals surface area contributed by atoms with Gasteiger partial charge in [-0.3, -0.25) is 4.84 Å². The molecule has 0 atom stereocenters. The second kappa shape index (κ2) is 6.94. The molecule has 0 bridgehead atoms. The van der Waals surface area contributed by atoms with E-state index in [-0.39, 0.29) is 0 Å². The first kappa shape index (κ1) is 13.6. The van der Waals surface area contributed by atoms with Gasteiger partial charge in [0.15, 0.2) is 0 Å².